The zero-order valence-electron chi connectivity index (χ0n) is 36.4. The average molecular weight is 820 g/mol. The van der Waals surface area contributed by atoms with E-state index in [0.717, 1.165) is 33.6 Å². The van der Waals surface area contributed by atoms with Gasteiger partial charge in [0.1, 0.15) is 11.2 Å². The number of nitrogens with zero attached hydrogens (tertiary/aromatic N) is 1. The summed E-state index contributed by atoms with van der Waals surface area (Å²) in [5, 5.41) is 7.41. The molecular weight excluding hydrogens is 775 g/mol. The first-order chi connectivity index (χ1) is 31.2. The summed E-state index contributed by atoms with van der Waals surface area (Å²) in [5.41, 5.74) is 20.4. The second kappa shape index (κ2) is 13.4. The van der Waals surface area contributed by atoms with Crippen LogP contribution in [-0.4, -0.2) is 0 Å². The third-order valence-electron chi connectivity index (χ3n) is 14.6. The van der Waals surface area contributed by atoms with Gasteiger partial charge in [0.25, 0.3) is 0 Å². The highest BCUT2D eigenvalue weighted by molar-refractivity contribution is 6.08. The van der Waals surface area contributed by atoms with Gasteiger partial charge in [-0.05, 0) is 167 Å². The molecule has 2 aliphatic carbocycles. The standard InChI is InChI=1S/C62H45NO/c1-61(2)55-33-43-15-9-8-14-42(43)31-51(55)52-32-44-24-27-47(30-45(44)34-56(52)61)63(46-25-22-41(23-26-46)40-20-18-39(19-21-40)38-12-6-5-7-13-38)48-28-29-49-53-37-60-54(50-16-10-11-17-59(50)64-60)36-58(53)62(3,4)57(49)35-48/h5-37H,1-4H3. The van der Waals surface area contributed by atoms with E-state index >= 15 is 0 Å². The predicted molar refractivity (Wildman–Crippen MR) is 269 cm³/mol. The van der Waals surface area contributed by atoms with Gasteiger partial charge in [-0.3, -0.25) is 0 Å². The molecule has 0 N–H and O–H groups in total. The first kappa shape index (κ1) is 36.9. The van der Waals surface area contributed by atoms with E-state index in [2.05, 4.69) is 227 Å². The van der Waals surface area contributed by atoms with Crippen molar-refractivity contribution in [1.82, 2.24) is 0 Å². The Labute approximate surface area is 373 Å². The highest BCUT2D eigenvalue weighted by Gasteiger charge is 2.38. The third kappa shape index (κ3) is 5.45. The van der Waals surface area contributed by atoms with Gasteiger partial charge < -0.3 is 9.32 Å². The lowest BCUT2D eigenvalue weighted by Crippen LogP contribution is -2.16. The van der Waals surface area contributed by atoms with Crippen molar-refractivity contribution in [2.24, 2.45) is 0 Å². The number of anilines is 3. The van der Waals surface area contributed by atoms with Crippen molar-refractivity contribution in [3.63, 3.8) is 0 Å². The summed E-state index contributed by atoms with van der Waals surface area (Å²) in [5.74, 6) is 0. The van der Waals surface area contributed by atoms with E-state index in [0.29, 0.717) is 0 Å². The number of benzene rings is 10. The summed E-state index contributed by atoms with van der Waals surface area (Å²) in [7, 11) is 0. The molecule has 0 bridgehead atoms. The van der Waals surface area contributed by atoms with Crippen LogP contribution in [0.3, 0.4) is 0 Å². The van der Waals surface area contributed by atoms with Crippen LogP contribution in [0.25, 0.3) is 88.0 Å². The van der Waals surface area contributed by atoms with Gasteiger partial charge in [-0.15, -0.1) is 0 Å². The summed E-state index contributed by atoms with van der Waals surface area (Å²) in [6, 6.07) is 74.2. The maximum absolute atomic E-state index is 6.41. The molecule has 2 aliphatic rings. The van der Waals surface area contributed by atoms with Gasteiger partial charge in [0.2, 0.25) is 0 Å². The number of para-hydroxylation sites is 1. The minimum atomic E-state index is -0.218. The fraction of sp³-hybridized carbons (Fsp3) is 0.0968. The summed E-state index contributed by atoms with van der Waals surface area (Å²) >= 11 is 0. The Hall–Kier alpha value is -7.68. The molecular formula is C62H45NO. The Morgan fingerprint density at radius 1 is 0.312 bits per heavy atom. The van der Waals surface area contributed by atoms with Gasteiger partial charge in [0.05, 0.1) is 0 Å². The minimum absolute atomic E-state index is 0.123. The molecule has 64 heavy (non-hydrogen) atoms. The monoisotopic (exact) mass is 819 g/mol. The average Bonchev–Trinajstić information content (AvgIpc) is 3.88. The van der Waals surface area contributed by atoms with Gasteiger partial charge in [0, 0.05) is 38.7 Å². The van der Waals surface area contributed by atoms with Gasteiger partial charge in [-0.1, -0.05) is 149 Å². The van der Waals surface area contributed by atoms with Crippen molar-refractivity contribution in [3.8, 4) is 44.5 Å². The molecule has 0 aliphatic heterocycles. The van der Waals surface area contributed by atoms with Gasteiger partial charge in [-0.2, -0.15) is 0 Å². The van der Waals surface area contributed by atoms with E-state index in [1.807, 2.05) is 6.07 Å². The van der Waals surface area contributed by atoms with Crippen LogP contribution in [0, 0.1) is 0 Å². The second-order valence-corrected chi connectivity index (χ2v) is 19.0. The largest absolute Gasteiger partial charge is 0.456 e. The molecule has 0 atom stereocenters. The number of rotatable bonds is 5. The van der Waals surface area contributed by atoms with Crippen LogP contribution in [0.4, 0.5) is 17.1 Å². The molecule has 2 heteroatoms. The Kier molecular flexibility index (Phi) is 7.74. The lowest BCUT2D eigenvalue weighted by Gasteiger charge is -2.29. The maximum atomic E-state index is 6.41. The van der Waals surface area contributed by atoms with Crippen LogP contribution in [0.15, 0.2) is 205 Å². The molecule has 1 aromatic heterocycles. The summed E-state index contributed by atoms with van der Waals surface area (Å²) in [4.78, 5) is 2.44. The van der Waals surface area contributed by atoms with Crippen LogP contribution < -0.4 is 4.90 Å². The number of hydrogen-bond acceptors (Lipinski definition) is 2. The fourth-order valence-corrected chi connectivity index (χ4v) is 11.1. The molecule has 10 aromatic carbocycles. The molecule has 13 rings (SSSR count). The predicted octanol–water partition coefficient (Wildman–Crippen LogP) is 17.3. The van der Waals surface area contributed by atoms with E-state index in [4.69, 9.17) is 4.42 Å². The topological polar surface area (TPSA) is 16.4 Å². The molecule has 0 radical (unpaired) electrons. The first-order valence-electron chi connectivity index (χ1n) is 22.5. The summed E-state index contributed by atoms with van der Waals surface area (Å²) < 4.78 is 6.41. The number of fused-ring (bicyclic) bond motifs is 11. The zero-order chi connectivity index (χ0) is 42.9. The Balaban J connectivity index is 0.939. The number of hydrogen-bond donors (Lipinski definition) is 0. The quantitative estimate of drug-likeness (QED) is 0.172. The van der Waals surface area contributed by atoms with Crippen molar-refractivity contribution in [1.29, 1.82) is 0 Å². The first-order valence-corrected chi connectivity index (χ1v) is 22.5. The molecule has 0 unspecified atom stereocenters. The van der Waals surface area contributed by atoms with Crippen LogP contribution in [0.5, 0.6) is 0 Å². The minimum Gasteiger partial charge on any atom is -0.456 e. The van der Waals surface area contributed by atoms with Crippen molar-refractivity contribution in [3.05, 3.63) is 222 Å². The molecule has 2 nitrogen and oxygen atoms in total. The van der Waals surface area contributed by atoms with Gasteiger partial charge >= 0.3 is 0 Å². The lowest BCUT2D eigenvalue weighted by molar-refractivity contribution is 0.658. The maximum Gasteiger partial charge on any atom is 0.136 e. The van der Waals surface area contributed by atoms with E-state index in [-0.39, 0.29) is 10.8 Å². The Morgan fingerprint density at radius 3 is 1.50 bits per heavy atom. The molecule has 0 saturated heterocycles. The van der Waals surface area contributed by atoms with Crippen LogP contribution in [0.1, 0.15) is 49.9 Å². The van der Waals surface area contributed by atoms with Gasteiger partial charge in [-0.25, -0.2) is 0 Å². The van der Waals surface area contributed by atoms with Crippen molar-refractivity contribution in [2.75, 3.05) is 4.90 Å². The molecule has 0 saturated carbocycles. The van der Waals surface area contributed by atoms with Crippen LogP contribution in [0.2, 0.25) is 0 Å². The molecule has 1 heterocycles. The lowest BCUT2D eigenvalue weighted by atomic mass is 9.81. The van der Waals surface area contributed by atoms with E-state index in [9.17, 15) is 0 Å². The smallest absolute Gasteiger partial charge is 0.136 e. The highest BCUT2D eigenvalue weighted by atomic mass is 16.3. The van der Waals surface area contributed by atoms with Crippen LogP contribution >= 0.6 is 0 Å². The van der Waals surface area contributed by atoms with Crippen molar-refractivity contribution < 1.29 is 4.42 Å². The molecule has 0 amide bonds. The molecule has 0 fully saturated rings. The van der Waals surface area contributed by atoms with E-state index in [1.165, 1.54) is 93.7 Å². The normalized spacial score (nSPS) is 14.2. The van der Waals surface area contributed by atoms with E-state index < -0.39 is 0 Å². The van der Waals surface area contributed by atoms with E-state index in [1.54, 1.807) is 0 Å². The molecule has 304 valence electrons. The van der Waals surface area contributed by atoms with Crippen LogP contribution in [-0.2, 0) is 10.8 Å². The molecule has 0 spiro atoms. The Morgan fingerprint density at radius 2 is 0.797 bits per heavy atom. The second-order valence-electron chi connectivity index (χ2n) is 19.0. The zero-order valence-corrected chi connectivity index (χ0v) is 36.4. The highest BCUT2D eigenvalue weighted by Crippen LogP contribution is 2.54. The fourth-order valence-electron chi connectivity index (χ4n) is 11.1. The van der Waals surface area contributed by atoms with Gasteiger partial charge in [0.15, 0.2) is 0 Å². The molecule has 11 aromatic rings. The summed E-state index contributed by atoms with van der Waals surface area (Å²) in [6.07, 6.45) is 0. The van der Waals surface area contributed by atoms with Crippen molar-refractivity contribution >= 4 is 60.5 Å². The number of furan rings is 1. The third-order valence-corrected chi connectivity index (χ3v) is 14.6. The summed E-state index contributed by atoms with van der Waals surface area (Å²) in [6.45, 7) is 9.51. The Bertz CT molecular complexity index is 3700. The van der Waals surface area contributed by atoms with Crippen molar-refractivity contribution in [2.45, 2.75) is 38.5 Å². The SMILES string of the molecule is CC1(C)c2cc3ccccc3cc2-c2cc3ccc(N(c4ccc(-c5ccc(-c6ccccc6)cc5)cc4)c4ccc5c(c4)C(C)(C)c4cc6c(cc4-5)oc4ccccc46)cc3cc21.